The minimum atomic E-state index is -0.376. The van der Waals surface area contributed by atoms with Gasteiger partial charge >= 0.3 is 6.09 Å². The van der Waals surface area contributed by atoms with Gasteiger partial charge in [0.15, 0.2) is 0 Å². The Morgan fingerprint density at radius 3 is 2.71 bits per heavy atom. The van der Waals surface area contributed by atoms with E-state index in [0.29, 0.717) is 38.9 Å². The van der Waals surface area contributed by atoms with E-state index in [4.69, 9.17) is 9.72 Å². The molecular formula is C25H32N6O4. The summed E-state index contributed by atoms with van der Waals surface area (Å²) < 4.78 is 8.91. The summed E-state index contributed by atoms with van der Waals surface area (Å²) in [5.74, 6) is 0.844. The predicted molar refractivity (Wildman–Crippen MR) is 130 cm³/mol. The Balaban J connectivity index is 1.52. The first-order chi connectivity index (χ1) is 17.0. The number of imidazole rings is 1. The van der Waals surface area contributed by atoms with E-state index in [-0.39, 0.29) is 30.7 Å². The van der Waals surface area contributed by atoms with Crippen molar-refractivity contribution in [2.24, 2.45) is 0 Å². The molecule has 1 fully saturated rings. The highest BCUT2D eigenvalue weighted by Crippen LogP contribution is 2.36. The van der Waals surface area contributed by atoms with Crippen molar-refractivity contribution in [2.75, 3.05) is 25.1 Å². The Bertz CT molecular complexity index is 1210. The summed E-state index contributed by atoms with van der Waals surface area (Å²) in [6.45, 7) is 3.99. The molecule has 0 radical (unpaired) electrons. The van der Waals surface area contributed by atoms with Crippen molar-refractivity contribution in [2.45, 2.75) is 64.3 Å². The predicted octanol–water partition coefficient (Wildman–Crippen LogP) is 2.37. The van der Waals surface area contributed by atoms with Crippen LogP contribution in [0, 0.1) is 0 Å². The fourth-order valence-electron chi connectivity index (χ4n) is 5.22. The number of likely N-dealkylation sites (tertiary alicyclic amines) is 1. The van der Waals surface area contributed by atoms with Gasteiger partial charge in [-0.3, -0.25) is 14.4 Å². The Kier molecular flexibility index (Phi) is 6.46. The van der Waals surface area contributed by atoms with E-state index >= 15 is 0 Å². The number of piperidine rings is 1. The molecule has 186 valence electrons. The molecule has 1 aromatic carbocycles. The molecule has 1 atom stereocenters. The summed E-state index contributed by atoms with van der Waals surface area (Å²) in [5, 5.41) is 14.1. The molecule has 0 saturated carbocycles. The zero-order valence-corrected chi connectivity index (χ0v) is 20.3. The number of methoxy groups -OCH3 is 1. The number of hydrogen-bond acceptors (Lipinski definition) is 6. The maximum absolute atomic E-state index is 13.2. The van der Waals surface area contributed by atoms with Crippen LogP contribution in [-0.4, -0.2) is 73.7 Å². The number of nitrogens with zero attached hydrogens (tertiary/aromatic N) is 6. The normalized spacial score (nSPS) is 18.7. The largest absolute Gasteiger partial charge is 0.452 e. The summed E-state index contributed by atoms with van der Waals surface area (Å²) in [7, 11) is 1.40. The third-order valence-electron chi connectivity index (χ3n) is 7.20. The molecule has 10 heteroatoms. The molecule has 1 N–H and O–H groups in total. The summed E-state index contributed by atoms with van der Waals surface area (Å²) in [6, 6.07) is 5.82. The molecule has 0 bridgehead atoms. The van der Waals surface area contributed by atoms with Gasteiger partial charge in [-0.1, -0.05) is 0 Å². The number of amides is 2. The number of fused-ring (bicyclic) bond motifs is 3. The first-order valence-electron chi connectivity index (χ1n) is 12.3. The SMILES string of the molecule is COC(=O)N1c2ccc3c(nc(CCn4cccn4)n3CC(=O)N3CCC(O)CC3)c2CC[C@@H]1C. The third-order valence-corrected chi connectivity index (χ3v) is 7.20. The molecule has 3 aromatic rings. The van der Waals surface area contributed by atoms with E-state index in [1.54, 1.807) is 11.1 Å². The lowest BCUT2D eigenvalue weighted by Crippen LogP contribution is -2.42. The number of carbonyl (C=O) groups is 2. The molecule has 1 saturated heterocycles. The van der Waals surface area contributed by atoms with Crippen LogP contribution in [0.15, 0.2) is 30.6 Å². The van der Waals surface area contributed by atoms with Crippen molar-refractivity contribution in [1.82, 2.24) is 24.2 Å². The topological polar surface area (TPSA) is 106 Å². The lowest BCUT2D eigenvalue weighted by atomic mass is 9.96. The quantitative estimate of drug-likeness (QED) is 0.601. The number of carbonyl (C=O) groups excluding carboxylic acids is 2. The van der Waals surface area contributed by atoms with Crippen LogP contribution in [0.25, 0.3) is 11.0 Å². The summed E-state index contributed by atoms with van der Waals surface area (Å²) >= 11 is 0. The second-order valence-corrected chi connectivity index (χ2v) is 9.40. The highest BCUT2D eigenvalue weighted by atomic mass is 16.5. The van der Waals surface area contributed by atoms with E-state index in [9.17, 15) is 14.7 Å². The van der Waals surface area contributed by atoms with E-state index in [1.807, 2.05) is 45.5 Å². The third kappa shape index (κ3) is 4.50. The van der Waals surface area contributed by atoms with Gasteiger partial charge in [-0.25, -0.2) is 9.78 Å². The molecule has 0 aliphatic carbocycles. The average Bonchev–Trinajstić information content (AvgIpc) is 3.50. The Morgan fingerprint density at radius 1 is 1.20 bits per heavy atom. The van der Waals surface area contributed by atoms with Gasteiger partial charge in [0, 0.05) is 50.1 Å². The van der Waals surface area contributed by atoms with Gasteiger partial charge in [-0.15, -0.1) is 0 Å². The van der Waals surface area contributed by atoms with E-state index < -0.39 is 0 Å². The van der Waals surface area contributed by atoms with Crippen LogP contribution in [-0.2, 0) is 35.5 Å². The average molecular weight is 481 g/mol. The highest BCUT2D eigenvalue weighted by Gasteiger charge is 2.32. The minimum Gasteiger partial charge on any atom is -0.452 e. The fraction of sp³-hybridized carbons (Fsp3) is 0.520. The van der Waals surface area contributed by atoms with Crippen molar-refractivity contribution in [3.63, 3.8) is 0 Å². The Labute approximate surface area is 204 Å². The number of ether oxygens (including phenoxy) is 1. The van der Waals surface area contributed by atoms with Crippen LogP contribution in [0.4, 0.5) is 10.5 Å². The number of aryl methyl sites for hydroxylation is 3. The van der Waals surface area contributed by atoms with Crippen molar-refractivity contribution >= 4 is 28.7 Å². The summed E-state index contributed by atoms with van der Waals surface area (Å²) in [6.07, 6.45) is 6.40. The maximum atomic E-state index is 13.2. The number of aliphatic hydroxyl groups is 1. The summed E-state index contributed by atoms with van der Waals surface area (Å²) in [5.41, 5.74) is 3.56. The molecule has 4 heterocycles. The van der Waals surface area contributed by atoms with Gasteiger partial charge in [-0.2, -0.15) is 5.10 Å². The molecule has 2 aliphatic rings. The van der Waals surface area contributed by atoms with Gasteiger partial charge in [0.1, 0.15) is 12.4 Å². The monoisotopic (exact) mass is 480 g/mol. The minimum absolute atomic E-state index is 0.0269. The van der Waals surface area contributed by atoms with Crippen LogP contribution in [0.1, 0.15) is 37.6 Å². The summed E-state index contributed by atoms with van der Waals surface area (Å²) in [4.78, 5) is 34.3. The van der Waals surface area contributed by atoms with Gasteiger partial charge < -0.3 is 19.3 Å². The van der Waals surface area contributed by atoms with Gasteiger partial charge in [0.2, 0.25) is 5.91 Å². The van der Waals surface area contributed by atoms with Crippen molar-refractivity contribution in [1.29, 1.82) is 0 Å². The lowest BCUT2D eigenvalue weighted by Gasteiger charge is -2.34. The van der Waals surface area contributed by atoms with Crippen LogP contribution in [0.3, 0.4) is 0 Å². The van der Waals surface area contributed by atoms with Gasteiger partial charge in [0.25, 0.3) is 0 Å². The smallest absolute Gasteiger partial charge is 0.414 e. The number of benzene rings is 1. The maximum Gasteiger partial charge on any atom is 0.414 e. The van der Waals surface area contributed by atoms with E-state index in [2.05, 4.69) is 5.10 Å². The number of anilines is 1. The standard InChI is InChI=1S/C25H32N6O4/c1-17-4-5-19-20(31(17)25(34)35-2)6-7-21-24(19)27-22(10-15-29-12-3-11-26-29)30(21)16-23(33)28-13-8-18(32)9-14-28/h3,6-7,11-12,17-18,32H,4-5,8-10,13-16H2,1-2H3/t17-/m0/s1. The van der Waals surface area contributed by atoms with Crippen LogP contribution < -0.4 is 4.90 Å². The van der Waals surface area contributed by atoms with Crippen molar-refractivity contribution in [3.05, 3.63) is 42.0 Å². The zero-order valence-electron chi connectivity index (χ0n) is 20.3. The lowest BCUT2D eigenvalue weighted by molar-refractivity contribution is -0.133. The molecular weight excluding hydrogens is 448 g/mol. The number of aliphatic hydroxyl groups excluding tert-OH is 1. The number of aromatic nitrogens is 4. The first kappa shape index (κ1) is 23.3. The molecule has 0 spiro atoms. The molecule has 0 unspecified atom stereocenters. The fourth-order valence-corrected chi connectivity index (χ4v) is 5.22. The van der Waals surface area contributed by atoms with Crippen LogP contribution in [0.5, 0.6) is 0 Å². The first-order valence-corrected chi connectivity index (χ1v) is 12.3. The van der Waals surface area contributed by atoms with Crippen molar-refractivity contribution in [3.8, 4) is 0 Å². The molecule has 35 heavy (non-hydrogen) atoms. The second kappa shape index (κ2) is 9.69. The number of rotatable bonds is 5. The molecule has 2 aromatic heterocycles. The number of hydrogen-bond donors (Lipinski definition) is 1. The molecule has 2 amide bonds. The Morgan fingerprint density at radius 2 is 2.00 bits per heavy atom. The second-order valence-electron chi connectivity index (χ2n) is 9.40. The molecule has 5 rings (SSSR count). The zero-order chi connectivity index (χ0) is 24.5. The molecule has 10 nitrogen and oxygen atoms in total. The van der Waals surface area contributed by atoms with Crippen molar-refractivity contribution < 1.29 is 19.4 Å². The van der Waals surface area contributed by atoms with Crippen LogP contribution in [0.2, 0.25) is 0 Å². The van der Waals surface area contributed by atoms with Crippen LogP contribution >= 0.6 is 0 Å². The Hall–Kier alpha value is -3.40. The molecule has 2 aliphatic heterocycles. The highest BCUT2D eigenvalue weighted by molar-refractivity contribution is 5.95. The van der Waals surface area contributed by atoms with Gasteiger partial charge in [0.05, 0.1) is 29.9 Å². The van der Waals surface area contributed by atoms with Gasteiger partial charge in [-0.05, 0) is 50.8 Å². The van der Waals surface area contributed by atoms with E-state index in [0.717, 1.165) is 41.0 Å². The van der Waals surface area contributed by atoms with E-state index in [1.165, 1.54) is 7.11 Å².